The number of ether oxygens (including phenoxy) is 2. The molecular formula is C18H22N2O5S. The Kier molecular flexibility index (Phi) is 6.23. The molecule has 2 aromatic rings. The van der Waals surface area contributed by atoms with Crippen LogP contribution in [0.3, 0.4) is 0 Å². The average molecular weight is 378 g/mol. The number of amides is 1. The number of carbonyl (C=O) groups excluding carboxylic acids is 1. The van der Waals surface area contributed by atoms with Crippen LogP contribution in [0.25, 0.3) is 0 Å². The van der Waals surface area contributed by atoms with E-state index < -0.39 is 10.0 Å². The summed E-state index contributed by atoms with van der Waals surface area (Å²) in [6.07, 6.45) is 0.146. The zero-order valence-corrected chi connectivity index (χ0v) is 15.7. The number of carbonyl (C=O) groups is 1. The molecule has 2 aromatic carbocycles. The summed E-state index contributed by atoms with van der Waals surface area (Å²) in [6.45, 7) is 1.81. The molecule has 0 aliphatic heterocycles. The molecule has 1 amide bonds. The molecule has 0 aliphatic rings. The topological polar surface area (TPSA) is 108 Å². The van der Waals surface area contributed by atoms with Gasteiger partial charge in [0, 0.05) is 11.6 Å². The first-order chi connectivity index (χ1) is 12.2. The van der Waals surface area contributed by atoms with E-state index in [1.54, 1.807) is 37.4 Å². The Morgan fingerprint density at radius 2 is 1.77 bits per heavy atom. The number of methoxy groups -OCH3 is 2. The second-order valence-electron chi connectivity index (χ2n) is 5.76. The number of nitrogens with two attached hydrogens (primary N) is 1. The van der Waals surface area contributed by atoms with Crippen molar-refractivity contribution in [3.63, 3.8) is 0 Å². The Bertz CT molecular complexity index is 879. The van der Waals surface area contributed by atoms with E-state index in [9.17, 15) is 13.2 Å². The average Bonchev–Trinajstić information content (AvgIpc) is 2.61. The lowest BCUT2D eigenvalue weighted by atomic mass is 10.1. The fourth-order valence-electron chi connectivity index (χ4n) is 2.49. The molecule has 2 rings (SSSR count). The van der Waals surface area contributed by atoms with Crippen LogP contribution in [-0.4, -0.2) is 28.5 Å². The number of nitrogens with one attached hydrogen (secondary N) is 1. The van der Waals surface area contributed by atoms with E-state index in [1.807, 2.05) is 6.92 Å². The van der Waals surface area contributed by atoms with Crippen molar-refractivity contribution in [2.45, 2.75) is 24.3 Å². The van der Waals surface area contributed by atoms with Crippen LogP contribution in [0.5, 0.6) is 11.5 Å². The van der Waals surface area contributed by atoms with Crippen LogP contribution in [-0.2, 0) is 21.2 Å². The van der Waals surface area contributed by atoms with Crippen LogP contribution < -0.4 is 19.9 Å². The van der Waals surface area contributed by atoms with Crippen molar-refractivity contribution in [3.8, 4) is 11.5 Å². The van der Waals surface area contributed by atoms with Crippen molar-refractivity contribution in [3.05, 3.63) is 53.6 Å². The summed E-state index contributed by atoms with van der Waals surface area (Å²) < 4.78 is 33.0. The second-order valence-corrected chi connectivity index (χ2v) is 7.32. The van der Waals surface area contributed by atoms with Gasteiger partial charge in [0.2, 0.25) is 15.9 Å². The maximum atomic E-state index is 12.3. The monoisotopic (exact) mass is 378 g/mol. The molecule has 8 heteroatoms. The van der Waals surface area contributed by atoms with E-state index in [4.69, 9.17) is 14.6 Å². The fourth-order valence-corrected chi connectivity index (χ4v) is 3.01. The lowest BCUT2D eigenvalue weighted by Crippen LogP contribution is -2.28. The lowest BCUT2D eigenvalue weighted by Gasteiger charge is -2.16. The van der Waals surface area contributed by atoms with Crippen molar-refractivity contribution in [1.82, 2.24) is 5.32 Å². The maximum Gasteiger partial charge on any atom is 0.238 e. The SMILES string of the molecule is COc1ccc(CC(=O)N[C@@H](C)c2ccc(S(N)(=O)=O)cc2)c(OC)c1. The van der Waals surface area contributed by atoms with Gasteiger partial charge in [-0.2, -0.15) is 0 Å². The summed E-state index contributed by atoms with van der Waals surface area (Å²) in [5.74, 6) is 1.04. The summed E-state index contributed by atoms with van der Waals surface area (Å²) in [4.78, 5) is 12.4. The molecule has 3 N–H and O–H groups in total. The van der Waals surface area contributed by atoms with E-state index in [0.717, 1.165) is 11.1 Å². The molecule has 140 valence electrons. The Balaban J connectivity index is 2.05. The number of hydrogen-bond donors (Lipinski definition) is 2. The Hall–Kier alpha value is -2.58. The van der Waals surface area contributed by atoms with Crippen LogP contribution in [0.1, 0.15) is 24.1 Å². The summed E-state index contributed by atoms with van der Waals surface area (Å²) in [6, 6.07) is 11.1. The van der Waals surface area contributed by atoms with Crippen molar-refractivity contribution in [2.24, 2.45) is 5.14 Å². The van der Waals surface area contributed by atoms with Gasteiger partial charge in [-0.05, 0) is 30.7 Å². The highest BCUT2D eigenvalue weighted by molar-refractivity contribution is 7.89. The Morgan fingerprint density at radius 3 is 2.31 bits per heavy atom. The van der Waals surface area contributed by atoms with Gasteiger partial charge in [-0.3, -0.25) is 4.79 Å². The minimum absolute atomic E-state index is 0.0303. The molecule has 0 bridgehead atoms. The first-order valence-electron chi connectivity index (χ1n) is 7.87. The van der Waals surface area contributed by atoms with Crippen LogP contribution in [0.4, 0.5) is 0 Å². The first-order valence-corrected chi connectivity index (χ1v) is 9.42. The van der Waals surface area contributed by atoms with Gasteiger partial charge in [0.25, 0.3) is 0 Å². The van der Waals surface area contributed by atoms with E-state index in [-0.39, 0.29) is 23.3 Å². The summed E-state index contributed by atoms with van der Waals surface area (Å²) in [5, 5.41) is 7.96. The maximum absolute atomic E-state index is 12.3. The third kappa shape index (κ3) is 4.96. The smallest absolute Gasteiger partial charge is 0.238 e. The largest absolute Gasteiger partial charge is 0.497 e. The highest BCUT2D eigenvalue weighted by Gasteiger charge is 2.14. The molecule has 0 saturated carbocycles. The van der Waals surface area contributed by atoms with Gasteiger partial charge < -0.3 is 14.8 Å². The number of sulfonamides is 1. The minimum atomic E-state index is -3.73. The molecule has 0 aromatic heterocycles. The Morgan fingerprint density at radius 1 is 1.12 bits per heavy atom. The van der Waals surface area contributed by atoms with Crippen molar-refractivity contribution in [1.29, 1.82) is 0 Å². The van der Waals surface area contributed by atoms with Crippen LogP contribution >= 0.6 is 0 Å². The fraction of sp³-hybridized carbons (Fsp3) is 0.278. The summed E-state index contributed by atoms with van der Waals surface area (Å²) in [5.41, 5.74) is 1.51. The van der Waals surface area contributed by atoms with Crippen molar-refractivity contribution < 1.29 is 22.7 Å². The summed E-state index contributed by atoms with van der Waals surface area (Å²) in [7, 11) is -0.641. The highest BCUT2D eigenvalue weighted by Crippen LogP contribution is 2.25. The van der Waals surface area contributed by atoms with Crippen LogP contribution in [0, 0.1) is 0 Å². The van der Waals surface area contributed by atoms with E-state index in [2.05, 4.69) is 5.32 Å². The minimum Gasteiger partial charge on any atom is -0.497 e. The molecule has 1 atom stereocenters. The second kappa shape index (κ2) is 8.20. The number of rotatable bonds is 7. The summed E-state index contributed by atoms with van der Waals surface area (Å²) >= 11 is 0. The zero-order chi connectivity index (χ0) is 19.3. The predicted octanol–water partition coefficient (Wildman–Crippen LogP) is 1.77. The van der Waals surface area contributed by atoms with Gasteiger partial charge in [-0.25, -0.2) is 13.6 Å². The molecule has 0 aliphatic carbocycles. The van der Waals surface area contributed by atoms with Crippen LogP contribution in [0.15, 0.2) is 47.4 Å². The van der Waals surface area contributed by atoms with Crippen molar-refractivity contribution >= 4 is 15.9 Å². The molecule has 0 saturated heterocycles. The molecule has 0 heterocycles. The molecule has 0 unspecified atom stereocenters. The van der Waals surface area contributed by atoms with Crippen molar-refractivity contribution in [2.75, 3.05) is 14.2 Å². The predicted molar refractivity (Wildman–Crippen MR) is 97.6 cm³/mol. The molecule has 0 spiro atoms. The Labute approximate surface area is 153 Å². The van der Waals surface area contributed by atoms with Gasteiger partial charge in [0.1, 0.15) is 11.5 Å². The molecule has 0 radical (unpaired) electrons. The molecular weight excluding hydrogens is 356 g/mol. The van der Waals surface area contributed by atoms with Crippen LogP contribution in [0.2, 0.25) is 0 Å². The first kappa shape index (κ1) is 19.7. The molecule has 26 heavy (non-hydrogen) atoms. The third-order valence-corrected chi connectivity index (χ3v) is 4.86. The third-order valence-electron chi connectivity index (χ3n) is 3.93. The van der Waals surface area contributed by atoms with E-state index in [0.29, 0.717) is 11.5 Å². The quantitative estimate of drug-likeness (QED) is 0.763. The van der Waals surface area contributed by atoms with E-state index in [1.165, 1.54) is 19.2 Å². The molecule has 0 fully saturated rings. The standard InChI is InChI=1S/C18H22N2O5S/c1-12(13-5-8-16(9-6-13)26(19,22)23)20-18(21)10-14-4-7-15(24-2)11-17(14)25-3/h4-9,11-12H,10H2,1-3H3,(H,20,21)(H2,19,22,23)/t12-/m0/s1. The van der Waals surface area contributed by atoms with Gasteiger partial charge in [0.15, 0.2) is 0 Å². The van der Waals surface area contributed by atoms with E-state index >= 15 is 0 Å². The van der Waals surface area contributed by atoms with Gasteiger partial charge in [-0.1, -0.05) is 18.2 Å². The molecule has 7 nitrogen and oxygen atoms in total. The number of hydrogen-bond acceptors (Lipinski definition) is 5. The highest BCUT2D eigenvalue weighted by atomic mass is 32.2. The number of primary sulfonamides is 1. The van der Waals surface area contributed by atoms with Gasteiger partial charge >= 0.3 is 0 Å². The van der Waals surface area contributed by atoms with Gasteiger partial charge in [-0.15, -0.1) is 0 Å². The zero-order valence-electron chi connectivity index (χ0n) is 14.9. The number of benzene rings is 2. The normalized spacial score (nSPS) is 12.3. The lowest BCUT2D eigenvalue weighted by molar-refractivity contribution is -0.121. The van der Waals surface area contributed by atoms with Gasteiger partial charge in [0.05, 0.1) is 31.6 Å².